The SMILES string of the molecule is COc1cccc(CNC(=O)C2CC(=O)N(c3cc(OC)ccc3OC)C2)c1. The topological polar surface area (TPSA) is 77.1 Å². The van der Waals surface area contributed by atoms with Gasteiger partial charge in [-0.3, -0.25) is 9.59 Å². The molecule has 0 bridgehead atoms. The fraction of sp³-hybridized carbons (Fsp3) is 0.333. The number of carbonyl (C=O) groups excluding carboxylic acids is 2. The molecule has 7 nitrogen and oxygen atoms in total. The number of anilines is 1. The normalized spacial score (nSPS) is 16.0. The minimum absolute atomic E-state index is 0.118. The molecule has 148 valence electrons. The molecule has 2 aromatic rings. The van der Waals surface area contributed by atoms with Gasteiger partial charge < -0.3 is 24.4 Å². The van der Waals surface area contributed by atoms with Gasteiger partial charge in [0.2, 0.25) is 11.8 Å². The van der Waals surface area contributed by atoms with Crippen LogP contribution in [-0.2, 0) is 16.1 Å². The minimum Gasteiger partial charge on any atom is -0.497 e. The highest BCUT2D eigenvalue weighted by molar-refractivity contribution is 6.01. The average molecular weight is 384 g/mol. The second-order valence-corrected chi connectivity index (χ2v) is 6.51. The Kier molecular flexibility index (Phi) is 6.03. The van der Waals surface area contributed by atoms with Gasteiger partial charge in [0.05, 0.1) is 32.9 Å². The van der Waals surface area contributed by atoms with E-state index in [9.17, 15) is 9.59 Å². The van der Waals surface area contributed by atoms with Crippen molar-refractivity contribution < 1.29 is 23.8 Å². The van der Waals surface area contributed by atoms with Gasteiger partial charge >= 0.3 is 0 Å². The van der Waals surface area contributed by atoms with Crippen LogP contribution in [0, 0.1) is 5.92 Å². The van der Waals surface area contributed by atoms with Crippen molar-refractivity contribution in [2.75, 3.05) is 32.8 Å². The Morgan fingerprint density at radius 3 is 2.54 bits per heavy atom. The van der Waals surface area contributed by atoms with Crippen LogP contribution < -0.4 is 24.4 Å². The summed E-state index contributed by atoms with van der Waals surface area (Å²) in [5.74, 6) is 1.22. The van der Waals surface area contributed by atoms with E-state index in [4.69, 9.17) is 14.2 Å². The second kappa shape index (κ2) is 8.65. The Bertz CT molecular complexity index is 868. The molecule has 1 saturated heterocycles. The number of hydrogen-bond acceptors (Lipinski definition) is 5. The van der Waals surface area contributed by atoms with Crippen LogP contribution in [-0.4, -0.2) is 39.7 Å². The quantitative estimate of drug-likeness (QED) is 0.793. The molecule has 3 rings (SSSR count). The van der Waals surface area contributed by atoms with Gasteiger partial charge in [0.1, 0.15) is 17.2 Å². The number of ether oxygens (including phenoxy) is 3. The van der Waals surface area contributed by atoms with Crippen molar-refractivity contribution in [2.24, 2.45) is 5.92 Å². The predicted molar refractivity (Wildman–Crippen MR) is 105 cm³/mol. The summed E-state index contributed by atoms with van der Waals surface area (Å²) in [5.41, 5.74) is 1.54. The summed E-state index contributed by atoms with van der Waals surface area (Å²) in [6, 6.07) is 12.8. The number of amides is 2. The average Bonchev–Trinajstić information content (AvgIpc) is 3.13. The van der Waals surface area contributed by atoms with E-state index in [1.165, 1.54) is 0 Å². The summed E-state index contributed by atoms with van der Waals surface area (Å²) in [6.07, 6.45) is 0.157. The van der Waals surface area contributed by atoms with Crippen molar-refractivity contribution in [2.45, 2.75) is 13.0 Å². The lowest BCUT2D eigenvalue weighted by Crippen LogP contribution is -2.32. The monoisotopic (exact) mass is 384 g/mol. The zero-order chi connectivity index (χ0) is 20.1. The fourth-order valence-corrected chi connectivity index (χ4v) is 3.24. The number of rotatable bonds is 7. The fourth-order valence-electron chi connectivity index (χ4n) is 3.24. The van der Waals surface area contributed by atoms with E-state index in [2.05, 4.69) is 5.32 Å². The molecular formula is C21H24N2O5. The molecule has 1 aliphatic rings. The molecule has 7 heteroatoms. The first-order valence-corrected chi connectivity index (χ1v) is 8.98. The summed E-state index contributed by atoms with van der Waals surface area (Å²) in [5, 5.41) is 2.91. The number of carbonyl (C=O) groups is 2. The first-order valence-electron chi connectivity index (χ1n) is 8.98. The maximum atomic E-state index is 12.6. The zero-order valence-electron chi connectivity index (χ0n) is 16.2. The summed E-state index contributed by atoms with van der Waals surface area (Å²) in [4.78, 5) is 26.7. The lowest BCUT2D eigenvalue weighted by molar-refractivity contribution is -0.126. The highest BCUT2D eigenvalue weighted by atomic mass is 16.5. The van der Waals surface area contributed by atoms with Crippen molar-refractivity contribution in [3.63, 3.8) is 0 Å². The van der Waals surface area contributed by atoms with Gasteiger partial charge in [-0.2, -0.15) is 0 Å². The molecule has 1 aliphatic heterocycles. The number of nitrogens with one attached hydrogen (secondary N) is 1. The van der Waals surface area contributed by atoms with Crippen LogP contribution in [0.1, 0.15) is 12.0 Å². The van der Waals surface area contributed by atoms with Crippen LogP contribution in [0.4, 0.5) is 5.69 Å². The molecule has 0 aromatic heterocycles. The van der Waals surface area contributed by atoms with Gasteiger partial charge in [-0.1, -0.05) is 12.1 Å². The van der Waals surface area contributed by atoms with Crippen LogP contribution in [0.3, 0.4) is 0 Å². The zero-order valence-corrected chi connectivity index (χ0v) is 16.2. The molecule has 0 saturated carbocycles. The summed E-state index contributed by atoms with van der Waals surface area (Å²) < 4.78 is 15.8. The lowest BCUT2D eigenvalue weighted by Gasteiger charge is -2.20. The molecule has 1 atom stereocenters. The van der Waals surface area contributed by atoms with E-state index in [0.29, 0.717) is 30.3 Å². The molecule has 0 radical (unpaired) electrons. The number of benzene rings is 2. The maximum absolute atomic E-state index is 12.6. The number of methoxy groups -OCH3 is 3. The molecule has 0 aliphatic carbocycles. The van der Waals surface area contributed by atoms with Gasteiger partial charge in [-0.15, -0.1) is 0 Å². The first kappa shape index (κ1) is 19.5. The van der Waals surface area contributed by atoms with Gasteiger partial charge in [-0.25, -0.2) is 0 Å². The van der Waals surface area contributed by atoms with E-state index in [1.54, 1.807) is 44.4 Å². The third kappa shape index (κ3) is 4.19. The van der Waals surface area contributed by atoms with Gasteiger partial charge in [0.15, 0.2) is 0 Å². The van der Waals surface area contributed by atoms with E-state index < -0.39 is 5.92 Å². The highest BCUT2D eigenvalue weighted by Gasteiger charge is 2.36. The van der Waals surface area contributed by atoms with E-state index in [-0.39, 0.29) is 18.2 Å². The lowest BCUT2D eigenvalue weighted by atomic mass is 10.1. The Balaban J connectivity index is 1.67. The van der Waals surface area contributed by atoms with E-state index in [1.807, 2.05) is 24.3 Å². The van der Waals surface area contributed by atoms with Crippen molar-refractivity contribution in [1.29, 1.82) is 0 Å². The Morgan fingerprint density at radius 2 is 1.82 bits per heavy atom. The van der Waals surface area contributed by atoms with Crippen LogP contribution >= 0.6 is 0 Å². The van der Waals surface area contributed by atoms with Gasteiger partial charge in [0, 0.05) is 25.6 Å². The van der Waals surface area contributed by atoms with Crippen LogP contribution in [0.15, 0.2) is 42.5 Å². The smallest absolute Gasteiger partial charge is 0.227 e. The minimum atomic E-state index is -0.422. The molecule has 1 heterocycles. The Labute approximate surface area is 164 Å². The molecule has 1 unspecified atom stereocenters. The molecule has 2 aromatic carbocycles. The van der Waals surface area contributed by atoms with E-state index in [0.717, 1.165) is 11.3 Å². The largest absolute Gasteiger partial charge is 0.497 e. The standard InChI is InChI=1S/C21H24N2O5/c1-26-16-6-4-5-14(9-16)12-22-21(25)15-10-20(24)23(13-15)18-11-17(27-2)7-8-19(18)28-3/h4-9,11,15H,10,12-13H2,1-3H3,(H,22,25). The van der Waals surface area contributed by atoms with Crippen molar-refractivity contribution >= 4 is 17.5 Å². The van der Waals surface area contributed by atoms with Gasteiger partial charge in [-0.05, 0) is 29.8 Å². The third-order valence-corrected chi connectivity index (χ3v) is 4.77. The van der Waals surface area contributed by atoms with Crippen molar-refractivity contribution in [3.05, 3.63) is 48.0 Å². The van der Waals surface area contributed by atoms with E-state index >= 15 is 0 Å². The highest BCUT2D eigenvalue weighted by Crippen LogP contribution is 2.36. The van der Waals surface area contributed by atoms with Crippen molar-refractivity contribution in [3.8, 4) is 17.2 Å². The van der Waals surface area contributed by atoms with Crippen LogP contribution in [0.2, 0.25) is 0 Å². The molecule has 2 amide bonds. The second-order valence-electron chi connectivity index (χ2n) is 6.51. The van der Waals surface area contributed by atoms with Crippen LogP contribution in [0.5, 0.6) is 17.2 Å². The molecule has 28 heavy (non-hydrogen) atoms. The Morgan fingerprint density at radius 1 is 1.07 bits per heavy atom. The summed E-state index contributed by atoms with van der Waals surface area (Å²) >= 11 is 0. The number of nitrogens with zero attached hydrogens (tertiary/aromatic N) is 1. The van der Waals surface area contributed by atoms with Gasteiger partial charge in [0.25, 0.3) is 0 Å². The van der Waals surface area contributed by atoms with Crippen molar-refractivity contribution in [1.82, 2.24) is 5.32 Å². The molecular weight excluding hydrogens is 360 g/mol. The van der Waals surface area contributed by atoms with Crippen LogP contribution in [0.25, 0.3) is 0 Å². The summed E-state index contributed by atoms with van der Waals surface area (Å²) in [6.45, 7) is 0.676. The number of hydrogen-bond donors (Lipinski definition) is 1. The first-order chi connectivity index (χ1) is 13.5. The predicted octanol–water partition coefficient (Wildman–Crippen LogP) is 2.38. The Hall–Kier alpha value is -3.22. The maximum Gasteiger partial charge on any atom is 0.227 e. The summed E-state index contributed by atoms with van der Waals surface area (Å²) in [7, 11) is 4.71. The molecule has 1 N–H and O–H groups in total. The molecule has 0 spiro atoms. The molecule has 1 fully saturated rings. The third-order valence-electron chi connectivity index (χ3n) is 4.77.